The zero-order chi connectivity index (χ0) is 14.7. The van der Waals surface area contributed by atoms with Crippen molar-refractivity contribution in [3.05, 3.63) is 29.0 Å². The van der Waals surface area contributed by atoms with Gasteiger partial charge in [0.2, 0.25) is 5.82 Å². The number of aromatic nitrogens is 3. The molecular weight excluding hydrogens is 290 g/mol. The molecule has 0 aliphatic carbocycles. The summed E-state index contributed by atoms with van der Waals surface area (Å²) in [5, 5.41) is 11.2. The topological polar surface area (TPSA) is 71.0 Å². The van der Waals surface area contributed by atoms with E-state index in [2.05, 4.69) is 25.4 Å². The molecule has 3 rings (SSSR count). The van der Waals surface area contributed by atoms with Gasteiger partial charge in [-0.1, -0.05) is 11.6 Å². The van der Waals surface area contributed by atoms with Crippen molar-refractivity contribution in [1.82, 2.24) is 25.4 Å². The first-order valence-electron chi connectivity index (χ1n) is 7.03. The lowest BCUT2D eigenvalue weighted by Gasteiger charge is -2.14. The summed E-state index contributed by atoms with van der Waals surface area (Å²) in [4.78, 5) is 18.6. The molecule has 110 valence electrons. The van der Waals surface area contributed by atoms with Gasteiger partial charge in [-0.2, -0.15) is 0 Å². The van der Waals surface area contributed by atoms with E-state index in [1.165, 1.54) is 12.8 Å². The highest BCUT2D eigenvalue weighted by molar-refractivity contribution is 6.31. The van der Waals surface area contributed by atoms with Gasteiger partial charge < -0.3 is 10.2 Å². The molecule has 0 bridgehead atoms. The van der Waals surface area contributed by atoms with Crippen molar-refractivity contribution < 1.29 is 4.79 Å². The number of carbonyl (C=O) groups excluding carboxylic acids is 1. The molecule has 6 nitrogen and oxygen atoms in total. The number of fused-ring (bicyclic) bond motifs is 1. The summed E-state index contributed by atoms with van der Waals surface area (Å²) < 4.78 is 0. The van der Waals surface area contributed by atoms with Crippen molar-refractivity contribution in [2.75, 3.05) is 26.2 Å². The van der Waals surface area contributed by atoms with Gasteiger partial charge in [-0.15, -0.1) is 10.2 Å². The summed E-state index contributed by atoms with van der Waals surface area (Å²) in [6, 6.07) is 5.12. The number of benzene rings is 1. The molecule has 1 aromatic carbocycles. The van der Waals surface area contributed by atoms with E-state index in [0.717, 1.165) is 19.6 Å². The van der Waals surface area contributed by atoms with E-state index in [4.69, 9.17) is 11.6 Å². The summed E-state index contributed by atoms with van der Waals surface area (Å²) in [5.74, 6) is -0.227. The third kappa shape index (κ3) is 3.46. The van der Waals surface area contributed by atoms with Gasteiger partial charge in [0.15, 0.2) is 0 Å². The fourth-order valence-electron chi connectivity index (χ4n) is 2.42. The van der Waals surface area contributed by atoms with E-state index < -0.39 is 0 Å². The molecule has 2 aromatic rings. The monoisotopic (exact) mass is 305 g/mol. The summed E-state index contributed by atoms with van der Waals surface area (Å²) in [6.45, 7) is 3.68. The molecule has 1 aliphatic rings. The van der Waals surface area contributed by atoms with Crippen molar-refractivity contribution in [3.8, 4) is 0 Å². The second-order valence-corrected chi connectivity index (χ2v) is 5.51. The molecule has 7 heteroatoms. The van der Waals surface area contributed by atoms with Crippen LogP contribution in [0.25, 0.3) is 11.0 Å². The molecule has 0 unspecified atom stereocenters. The number of hydrogen-bond donors (Lipinski definition) is 1. The first kappa shape index (κ1) is 14.2. The first-order chi connectivity index (χ1) is 10.2. The first-order valence-corrected chi connectivity index (χ1v) is 7.41. The van der Waals surface area contributed by atoms with Crippen molar-refractivity contribution in [3.63, 3.8) is 0 Å². The summed E-state index contributed by atoms with van der Waals surface area (Å²) in [7, 11) is 0. The SMILES string of the molecule is O=C(NCCN1CCCC1)c1nnc2ccc(Cl)cc2n1. The normalized spacial score (nSPS) is 15.5. The van der Waals surface area contributed by atoms with Gasteiger partial charge in [-0.25, -0.2) is 4.98 Å². The molecule has 1 N–H and O–H groups in total. The van der Waals surface area contributed by atoms with E-state index in [9.17, 15) is 4.79 Å². The quantitative estimate of drug-likeness (QED) is 0.927. The van der Waals surface area contributed by atoms with Gasteiger partial charge in [0.05, 0.1) is 5.52 Å². The van der Waals surface area contributed by atoms with Crippen LogP contribution in [0, 0.1) is 0 Å². The Morgan fingerprint density at radius 1 is 1.24 bits per heavy atom. The van der Waals surface area contributed by atoms with Crippen LogP contribution in [0.3, 0.4) is 0 Å². The summed E-state index contributed by atoms with van der Waals surface area (Å²) in [5.41, 5.74) is 1.19. The maximum atomic E-state index is 12.0. The van der Waals surface area contributed by atoms with E-state index in [1.807, 2.05) is 0 Å². The molecule has 2 heterocycles. The molecule has 1 amide bonds. The third-order valence-electron chi connectivity index (χ3n) is 3.53. The Kier molecular flexibility index (Phi) is 4.26. The highest BCUT2D eigenvalue weighted by atomic mass is 35.5. The zero-order valence-corrected chi connectivity index (χ0v) is 12.3. The number of amides is 1. The van der Waals surface area contributed by atoms with Crippen molar-refractivity contribution in [1.29, 1.82) is 0 Å². The van der Waals surface area contributed by atoms with Gasteiger partial charge >= 0.3 is 0 Å². The number of rotatable bonds is 4. The van der Waals surface area contributed by atoms with E-state index in [0.29, 0.717) is 22.6 Å². The fourth-order valence-corrected chi connectivity index (χ4v) is 2.58. The van der Waals surface area contributed by atoms with Crippen LogP contribution in [0.1, 0.15) is 23.5 Å². The number of nitrogens with zero attached hydrogens (tertiary/aromatic N) is 4. The highest BCUT2D eigenvalue weighted by Gasteiger charge is 2.14. The van der Waals surface area contributed by atoms with Crippen molar-refractivity contribution in [2.24, 2.45) is 0 Å². The van der Waals surface area contributed by atoms with Crippen LogP contribution in [0.15, 0.2) is 18.2 Å². The molecule has 1 saturated heterocycles. The maximum Gasteiger partial charge on any atom is 0.291 e. The largest absolute Gasteiger partial charge is 0.348 e. The predicted octanol–water partition coefficient (Wildman–Crippen LogP) is 1.50. The minimum Gasteiger partial charge on any atom is -0.348 e. The Morgan fingerprint density at radius 3 is 2.86 bits per heavy atom. The molecule has 21 heavy (non-hydrogen) atoms. The molecule has 0 atom stereocenters. The second kappa shape index (κ2) is 6.32. The van der Waals surface area contributed by atoms with Crippen LogP contribution in [0.5, 0.6) is 0 Å². The Labute approximate surface area is 127 Å². The predicted molar refractivity (Wildman–Crippen MR) is 80.4 cm³/mol. The second-order valence-electron chi connectivity index (χ2n) is 5.07. The fraction of sp³-hybridized carbons (Fsp3) is 0.429. The Bertz CT molecular complexity index is 657. The van der Waals surface area contributed by atoms with Gasteiger partial charge in [0.1, 0.15) is 5.52 Å². The number of halogens is 1. The number of carbonyl (C=O) groups is 1. The Morgan fingerprint density at radius 2 is 2.05 bits per heavy atom. The van der Waals surface area contributed by atoms with Crippen LogP contribution >= 0.6 is 11.6 Å². The van der Waals surface area contributed by atoms with Crippen LogP contribution in [0.4, 0.5) is 0 Å². The Balaban J connectivity index is 1.63. The lowest BCUT2D eigenvalue weighted by Crippen LogP contribution is -2.34. The number of nitrogens with one attached hydrogen (secondary N) is 1. The average molecular weight is 306 g/mol. The molecule has 0 saturated carbocycles. The van der Waals surface area contributed by atoms with E-state index in [-0.39, 0.29) is 11.7 Å². The minimum atomic E-state index is -0.302. The minimum absolute atomic E-state index is 0.0752. The zero-order valence-electron chi connectivity index (χ0n) is 11.5. The lowest BCUT2D eigenvalue weighted by molar-refractivity contribution is 0.0938. The van der Waals surface area contributed by atoms with Gasteiger partial charge in [-0.05, 0) is 44.1 Å². The van der Waals surface area contributed by atoms with Crippen LogP contribution in [-0.2, 0) is 0 Å². The Hall–Kier alpha value is -1.79. The van der Waals surface area contributed by atoms with E-state index >= 15 is 0 Å². The van der Waals surface area contributed by atoms with E-state index in [1.54, 1.807) is 18.2 Å². The van der Waals surface area contributed by atoms with Crippen LogP contribution < -0.4 is 5.32 Å². The van der Waals surface area contributed by atoms with Gasteiger partial charge in [-0.3, -0.25) is 4.79 Å². The average Bonchev–Trinajstić information content (AvgIpc) is 2.99. The molecule has 1 fully saturated rings. The summed E-state index contributed by atoms with van der Waals surface area (Å²) in [6.07, 6.45) is 2.48. The molecule has 1 aromatic heterocycles. The lowest BCUT2D eigenvalue weighted by atomic mass is 10.3. The molecular formula is C14H16ClN5O. The number of likely N-dealkylation sites (tertiary alicyclic amines) is 1. The standard InChI is InChI=1S/C14H16ClN5O/c15-10-3-4-11-12(9-10)17-13(19-18-11)14(21)16-5-8-20-6-1-2-7-20/h3-4,9H,1-2,5-8H2,(H,16,21). The molecule has 1 aliphatic heterocycles. The van der Waals surface area contributed by atoms with Crippen LogP contribution in [-0.4, -0.2) is 52.2 Å². The highest BCUT2D eigenvalue weighted by Crippen LogP contribution is 2.15. The molecule has 0 radical (unpaired) electrons. The smallest absolute Gasteiger partial charge is 0.291 e. The molecule has 0 spiro atoms. The third-order valence-corrected chi connectivity index (χ3v) is 3.77. The maximum absolute atomic E-state index is 12.0. The summed E-state index contributed by atoms with van der Waals surface area (Å²) >= 11 is 5.91. The number of hydrogen-bond acceptors (Lipinski definition) is 5. The van der Waals surface area contributed by atoms with Crippen LogP contribution in [0.2, 0.25) is 5.02 Å². The van der Waals surface area contributed by atoms with Gasteiger partial charge in [0, 0.05) is 18.1 Å². The van der Waals surface area contributed by atoms with Crippen molar-refractivity contribution in [2.45, 2.75) is 12.8 Å². The van der Waals surface area contributed by atoms with Gasteiger partial charge in [0.25, 0.3) is 5.91 Å². The van der Waals surface area contributed by atoms with Crippen molar-refractivity contribution >= 4 is 28.5 Å².